The van der Waals surface area contributed by atoms with Crippen LogP contribution in [0.5, 0.6) is 11.5 Å². The normalized spacial score (nSPS) is 15.8. The summed E-state index contributed by atoms with van der Waals surface area (Å²) in [6, 6.07) is 18.8. The maximum Gasteiger partial charge on any atom is 0.243 e. The van der Waals surface area contributed by atoms with E-state index in [1.54, 1.807) is 48.5 Å². The molecule has 0 aliphatic carbocycles. The Labute approximate surface area is 227 Å². The molecule has 11 nitrogen and oxygen atoms in total. The van der Waals surface area contributed by atoms with Crippen molar-refractivity contribution < 1.29 is 35.8 Å². The van der Waals surface area contributed by atoms with Crippen LogP contribution in [-0.4, -0.2) is 71.0 Å². The number of hydrogen-bond acceptors (Lipinski definition) is 8. The number of para-hydroxylation sites is 1. The van der Waals surface area contributed by atoms with Crippen molar-refractivity contribution in [3.05, 3.63) is 78.4 Å². The fourth-order valence-electron chi connectivity index (χ4n) is 4.22. The molecule has 5 rings (SSSR count). The Balaban J connectivity index is 1.41. The third-order valence-electron chi connectivity index (χ3n) is 6.24. The summed E-state index contributed by atoms with van der Waals surface area (Å²) in [5.41, 5.74) is 1.11. The predicted molar refractivity (Wildman–Crippen MR) is 141 cm³/mol. The minimum Gasteiger partial charge on any atom is -0.454 e. The second-order valence-corrected chi connectivity index (χ2v) is 12.7. The van der Waals surface area contributed by atoms with E-state index in [0.29, 0.717) is 36.0 Å². The number of carbonyl (C=O) groups is 1. The van der Waals surface area contributed by atoms with Gasteiger partial charge in [0, 0.05) is 25.3 Å². The lowest BCUT2D eigenvalue weighted by Gasteiger charge is -2.26. The van der Waals surface area contributed by atoms with Gasteiger partial charge in [0.05, 0.1) is 29.5 Å². The Hall–Kier alpha value is -3.49. The van der Waals surface area contributed by atoms with Gasteiger partial charge in [0.15, 0.2) is 11.5 Å². The van der Waals surface area contributed by atoms with Crippen LogP contribution in [0.15, 0.2) is 82.6 Å². The van der Waals surface area contributed by atoms with E-state index in [9.17, 15) is 21.6 Å². The minimum absolute atomic E-state index is 0.0208. The molecule has 0 unspecified atom stereocenters. The molecule has 0 aromatic heterocycles. The van der Waals surface area contributed by atoms with Crippen molar-refractivity contribution in [1.82, 2.24) is 8.61 Å². The molecule has 3 aromatic rings. The smallest absolute Gasteiger partial charge is 0.243 e. The summed E-state index contributed by atoms with van der Waals surface area (Å²) in [7, 11) is -8.01. The van der Waals surface area contributed by atoms with Crippen molar-refractivity contribution in [1.29, 1.82) is 0 Å². The van der Waals surface area contributed by atoms with E-state index >= 15 is 0 Å². The molecule has 2 aliphatic heterocycles. The number of benzene rings is 3. The van der Waals surface area contributed by atoms with Gasteiger partial charge >= 0.3 is 0 Å². The number of carbonyl (C=O) groups excluding carboxylic acids is 1. The van der Waals surface area contributed by atoms with E-state index in [0.717, 1.165) is 4.31 Å². The van der Waals surface area contributed by atoms with Crippen LogP contribution in [0.2, 0.25) is 0 Å². The second kappa shape index (κ2) is 11.3. The maximum absolute atomic E-state index is 13.7. The fraction of sp³-hybridized carbons (Fsp3) is 0.269. The van der Waals surface area contributed by atoms with E-state index in [-0.39, 0.29) is 36.2 Å². The molecule has 3 aromatic carbocycles. The summed E-state index contributed by atoms with van der Waals surface area (Å²) in [5.74, 6) is 0.500. The van der Waals surface area contributed by atoms with Gasteiger partial charge in [-0.3, -0.25) is 4.79 Å². The Morgan fingerprint density at radius 1 is 0.846 bits per heavy atom. The molecule has 0 saturated carbocycles. The Kier molecular flexibility index (Phi) is 7.86. The molecule has 2 aliphatic rings. The monoisotopic (exact) mass is 573 g/mol. The van der Waals surface area contributed by atoms with E-state index in [4.69, 9.17) is 14.2 Å². The van der Waals surface area contributed by atoms with E-state index in [2.05, 4.69) is 5.32 Å². The quantitative estimate of drug-likeness (QED) is 0.413. The van der Waals surface area contributed by atoms with Gasteiger partial charge < -0.3 is 19.5 Å². The first-order valence-corrected chi connectivity index (χ1v) is 15.0. The molecule has 0 radical (unpaired) electrons. The van der Waals surface area contributed by atoms with Crippen LogP contribution in [0, 0.1) is 0 Å². The topological polar surface area (TPSA) is 132 Å². The highest BCUT2D eigenvalue weighted by Crippen LogP contribution is 2.33. The summed E-state index contributed by atoms with van der Waals surface area (Å²) < 4.78 is 71.7. The number of anilines is 1. The number of fused-ring (bicyclic) bond motifs is 1. The van der Waals surface area contributed by atoms with Crippen molar-refractivity contribution in [2.45, 2.75) is 16.3 Å². The standard InChI is InChI=1S/C26H27N3O8S2/c30-26(27-21-4-2-1-3-5-21)18-29(17-20-6-11-24-25(16-20)37-19-36-24)39(33,34)23-9-7-22(8-10-23)38(31,32)28-12-14-35-15-13-28/h1-11,16H,12-15,17-19H2,(H,27,30). The van der Waals surface area contributed by atoms with Gasteiger partial charge in [-0.05, 0) is 54.1 Å². The lowest BCUT2D eigenvalue weighted by Crippen LogP contribution is -2.40. The molecule has 2 heterocycles. The summed E-state index contributed by atoms with van der Waals surface area (Å²) in [4.78, 5) is 12.7. The van der Waals surface area contributed by atoms with Crippen LogP contribution >= 0.6 is 0 Å². The average molecular weight is 574 g/mol. The maximum atomic E-state index is 13.7. The van der Waals surface area contributed by atoms with Gasteiger partial charge in [-0.2, -0.15) is 8.61 Å². The van der Waals surface area contributed by atoms with Gasteiger partial charge in [0.1, 0.15) is 0 Å². The molecule has 1 amide bonds. The van der Waals surface area contributed by atoms with Gasteiger partial charge in [-0.1, -0.05) is 24.3 Å². The number of hydrogen-bond donors (Lipinski definition) is 1. The minimum atomic E-state index is -4.22. The van der Waals surface area contributed by atoms with Crippen LogP contribution < -0.4 is 14.8 Å². The molecule has 0 bridgehead atoms. The van der Waals surface area contributed by atoms with Crippen LogP contribution in [0.4, 0.5) is 5.69 Å². The molecule has 39 heavy (non-hydrogen) atoms. The molecule has 0 spiro atoms. The van der Waals surface area contributed by atoms with Crippen molar-refractivity contribution in [3.8, 4) is 11.5 Å². The van der Waals surface area contributed by atoms with Gasteiger partial charge in [0.25, 0.3) is 0 Å². The third kappa shape index (κ3) is 6.07. The van der Waals surface area contributed by atoms with Crippen molar-refractivity contribution in [2.24, 2.45) is 0 Å². The zero-order valence-corrected chi connectivity index (χ0v) is 22.5. The van der Waals surface area contributed by atoms with Crippen LogP contribution in [0.1, 0.15) is 5.56 Å². The van der Waals surface area contributed by atoms with E-state index < -0.39 is 32.5 Å². The number of ether oxygens (including phenoxy) is 3. The fourth-order valence-corrected chi connectivity index (χ4v) is 7.01. The molecule has 13 heteroatoms. The van der Waals surface area contributed by atoms with Gasteiger partial charge in [0.2, 0.25) is 32.7 Å². The Morgan fingerprint density at radius 3 is 2.23 bits per heavy atom. The zero-order chi connectivity index (χ0) is 27.5. The number of rotatable bonds is 9. The summed E-state index contributed by atoms with van der Waals surface area (Å²) >= 11 is 0. The molecule has 1 N–H and O–H groups in total. The van der Waals surface area contributed by atoms with Gasteiger partial charge in [-0.25, -0.2) is 16.8 Å². The number of nitrogens with one attached hydrogen (secondary N) is 1. The van der Waals surface area contributed by atoms with E-state index in [1.807, 2.05) is 0 Å². The van der Waals surface area contributed by atoms with Crippen molar-refractivity contribution in [3.63, 3.8) is 0 Å². The van der Waals surface area contributed by atoms with E-state index in [1.165, 1.54) is 28.6 Å². The summed E-state index contributed by atoms with van der Waals surface area (Å²) in [6.45, 7) is 0.510. The Morgan fingerprint density at radius 2 is 1.51 bits per heavy atom. The average Bonchev–Trinajstić information content (AvgIpc) is 3.42. The first kappa shape index (κ1) is 27.1. The summed E-state index contributed by atoms with van der Waals surface area (Å²) in [5, 5.41) is 2.70. The van der Waals surface area contributed by atoms with Crippen LogP contribution in [-0.2, 0) is 36.1 Å². The van der Waals surface area contributed by atoms with Crippen molar-refractivity contribution >= 4 is 31.6 Å². The lowest BCUT2D eigenvalue weighted by atomic mass is 10.2. The highest BCUT2D eigenvalue weighted by molar-refractivity contribution is 7.89. The lowest BCUT2D eigenvalue weighted by molar-refractivity contribution is -0.116. The van der Waals surface area contributed by atoms with Crippen LogP contribution in [0.25, 0.3) is 0 Å². The first-order valence-electron chi connectivity index (χ1n) is 12.1. The molecule has 206 valence electrons. The number of sulfonamides is 2. The largest absolute Gasteiger partial charge is 0.454 e. The molecular weight excluding hydrogens is 546 g/mol. The number of nitrogens with zero attached hydrogens (tertiary/aromatic N) is 2. The van der Waals surface area contributed by atoms with Gasteiger partial charge in [-0.15, -0.1) is 0 Å². The van der Waals surface area contributed by atoms with Crippen LogP contribution in [0.3, 0.4) is 0 Å². The second-order valence-electron chi connectivity index (χ2n) is 8.86. The third-order valence-corrected chi connectivity index (χ3v) is 9.96. The molecule has 0 atom stereocenters. The summed E-state index contributed by atoms with van der Waals surface area (Å²) in [6.07, 6.45) is 0. The van der Waals surface area contributed by atoms with Crippen molar-refractivity contribution in [2.75, 3.05) is 45.0 Å². The predicted octanol–water partition coefficient (Wildman–Crippen LogP) is 2.27. The Bertz CT molecular complexity index is 1540. The SMILES string of the molecule is O=C(CN(Cc1ccc2c(c1)OCO2)S(=O)(=O)c1ccc(S(=O)(=O)N2CCOCC2)cc1)Nc1ccccc1. The number of amides is 1. The zero-order valence-electron chi connectivity index (χ0n) is 20.9. The number of morpholine rings is 1. The molecule has 1 saturated heterocycles. The molecule has 1 fully saturated rings. The highest BCUT2D eigenvalue weighted by Gasteiger charge is 2.30. The highest BCUT2D eigenvalue weighted by atomic mass is 32.2. The first-order chi connectivity index (χ1) is 18.7. The molecular formula is C26H27N3O8S2.